The van der Waals surface area contributed by atoms with Crippen LogP contribution in [0.5, 0.6) is 6.01 Å². The number of nitrogens with zero attached hydrogens (tertiary/aromatic N) is 4. The van der Waals surface area contributed by atoms with Gasteiger partial charge in [-0.25, -0.2) is 0 Å². The number of aromatic nitrogens is 3. The molecule has 0 bridgehead atoms. The molecule has 1 fully saturated rings. The first-order chi connectivity index (χ1) is 9.65. The molecule has 0 saturated carbocycles. The molecule has 1 aromatic heterocycles. The molecule has 20 heavy (non-hydrogen) atoms. The van der Waals surface area contributed by atoms with E-state index < -0.39 is 0 Å². The zero-order chi connectivity index (χ0) is 14.5. The van der Waals surface area contributed by atoms with Crippen LogP contribution in [0.1, 0.15) is 26.2 Å². The highest BCUT2D eigenvalue weighted by molar-refractivity contribution is 5.83. The Kier molecular flexibility index (Phi) is 4.54. The van der Waals surface area contributed by atoms with Gasteiger partial charge in [-0.2, -0.15) is 15.0 Å². The molecule has 8 heteroatoms. The van der Waals surface area contributed by atoms with Gasteiger partial charge in [-0.1, -0.05) is 0 Å². The van der Waals surface area contributed by atoms with Crippen molar-refractivity contribution in [3.8, 4) is 6.01 Å². The number of ether oxygens (including phenoxy) is 1. The van der Waals surface area contributed by atoms with Gasteiger partial charge in [0.25, 0.3) is 0 Å². The third kappa shape index (κ3) is 3.06. The van der Waals surface area contributed by atoms with Crippen LogP contribution in [-0.2, 0) is 4.79 Å². The summed E-state index contributed by atoms with van der Waals surface area (Å²) in [6, 6.07) is -0.124. The number of piperidine rings is 1. The molecule has 2 rings (SSSR count). The molecule has 2 heterocycles. The fourth-order valence-electron chi connectivity index (χ4n) is 2.25. The minimum atomic E-state index is -0.370. The van der Waals surface area contributed by atoms with E-state index in [0.717, 1.165) is 19.3 Å². The summed E-state index contributed by atoms with van der Waals surface area (Å²) in [7, 11) is 1.72. The van der Waals surface area contributed by atoms with E-state index in [0.29, 0.717) is 25.0 Å². The predicted octanol–water partition coefficient (Wildman–Crippen LogP) is 0.156. The first-order valence-corrected chi connectivity index (χ1v) is 6.78. The number of amides is 1. The lowest BCUT2D eigenvalue weighted by atomic mass is 10.0. The van der Waals surface area contributed by atoms with Gasteiger partial charge in [0.2, 0.25) is 17.8 Å². The topological polar surface area (TPSA) is 106 Å². The second-order valence-electron chi connectivity index (χ2n) is 4.53. The molecule has 1 saturated heterocycles. The van der Waals surface area contributed by atoms with Crippen LogP contribution in [0.15, 0.2) is 0 Å². The number of primary amides is 1. The molecule has 0 spiro atoms. The lowest BCUT2D eigenvalue weighted by molar-refractivity contribution is -0.119. The van der Waals surface area contributed by atoms with Crippen molar-refractivity contribution >= 4 is 17.8 Å². The highest BCUT2D eigenvalue weighted by Gasteiger charge is 2.29. The Morgan fingerprint density at radius 2 is 2.25 bits per heavy atom. The maximum absolute atomic E-state index is 11.6. The Morgan fingerprint density at radius 3 is 2.90 bits per heavy atom. The molecule has 1 aromatic rings. The van der Waals surface area contributed by atoms with Crippen LogP contribution in [0.3, 0.4) is 0 Å². The van der Waals surface area contributed by atoms with Crippen molar-refractivity contribution in [2.24, 2.45) is 5.73 Å². The smallest absolute Gasteiger partial charge is 0.323 e. The number of hydrogen-bond acceptors (Lipinski definition) is 7. The standard InChI is InChI=1S/C12H20N6O2/c1-3-20-12-16-10(14-2)15-11(17-12)18-7-5-4-6-8(18)9(13)19/h8H,3-7H2,1-2H3,(H2,13,19)(H,14,15,16,17). The number of carbonyl (C=O) groups is 1. The van der Waals surface area contributed by atoms with Crippen LogP contribution < -0.4 is 20.7 Å². The third-order valence-electron chi connectivity index (χ3n) is 3.19. The van der Waals surface area contributed by atoms with Crippen LogP contribution in [0.4, 0.5) is 11.9 Å². The minimum Gasteiger partial charge on any atom is -0.464 e. The maximum Gasteiger partial charge on any atom is 0.323 e. The van der Waals surface area contributed by atoms with Crippen molar-refractivity contribution in [1.29, 1.82) is 0 Å². The summed E-state index contributed by atoms with van der Waals surface area (Å²) in [5.41, 5.74) is 5.46. The largest absolute Gasteiger partial charge is 0.464 e. The summed E-state index contributed by atoms with van der Waals surface area (Å²) in [6.07, 6.45) is 2.68. The third-order valence-corrected chi connectivity index (χ3v) is 3.19. The van der Waals surface area contributed by atoms with E-state index in [2.05, 4.69) is 20.3 Å². The second-order valence-corrected chi connectivity index (χ2v) is 4.53. The number of nitrogens with two attached hydrogens (primary N) is 1. The van der Waals surface area contributed by atoms with Crippen LogP contribution in [0.2, 0.25) is 0 Å². The summed E-state index contributed by atoms with van der Waals surface area (Å²) < 4.78 is 5.33. The van der Waals surface area contributed by atoms with Crippen molar-refractivity contribution in [2.75, 3.05) is 30.4 Å². The molecule has 1 amide bonds. The van der Waals surface area contributed by atoms with E-state index >= 15 is 0 Å². The van der Waals surface area contributed by atoms with Crippen LogP contribution >= 0.6 is 0 Å². The molecular weight excluding hydrogens is 260 g/mol. The van der Waals surface area contributed by atoms with E-state index in [-0.39, 0.29) is 18.0 Å². The van der Waals surface area contributed by atoms with Crippen molar-refractivity contribution in [3.63, 3.8) is 0 Å². The fraction of sp³-hybridized carbons (Fsp3) is 0.667. The Morgan fingerprint density at radius 1 is 1.45 bits per heavy atom. The summed E-state index contributed by atoms with van der Waals surface area (Å²) in [5, 5.41) is 2.86. The molecule has 0 aromatic carbocycles. The number of anilines is 2. The van der Waals surface area contributed by atoms with Crippen molar-refractivity contribution < 1.29 is 9.53 Å². The van der Waals surface area contributed by atoms with E-state index in [1.54, 1.807) is 7.05 Å². The number of hydrogen-bond donors (Lipinski definition) is 2. The second kappa shape index (κ2) is 6.36. The van der Waals surface area contributed by atoms with Gasteiger partial charge >= 0.3 is 6.01 Å². The minimum absolute atomic E-state index is 0.246. The predicted molar refractivity (Wildman–Crippen MR) is 74.7 cm³/mol. The van der Waals surface area contributed by atoms with Crippen molar-refractivity contribution in [2.45, 2.75) is 32.2 Å². The lowest BCUT2D eigenvalue weighted by Crippen LogP contribution is -2.48. The molecule has 0 aliphatic carbocycles. The van der Waals surface area contributed by atoms with Gasteiger partial charge in [-0.15, -0.1) is 0 Å². The highest BCUT2D eigenvalue weighted by Crippen LogP contribution is 2.23. The molecule has 1 aliphatic rings. The Balaban J connectivity index is 2.33. The van der Waals surface area contributed by atoms with Gasteiger partial charge < -0.3 is 20.7 Å². The van der Waals surface area contributed by atoms with E-state index in [1.807, 2.05) is 11.8 Å². The van der Waals surface area contributed by atoms with Crippen LogP contribution in [0, 0.1) is 0 Å². The Hall–Kier alpha value is -2.12. The van der Waals surface area contributed by atoms with Crippen molar-refractivity contribution in [1.82, 2.24) is 15.0 Å². The van der Waals surface area contributed by atoms with Gasteiger partial charge in [0.15, 0.2) is 0 Å². The van der Waals surface area contributed by atoms with Crippen LogP contribution in [-0.4, -0.2) is 47.1 Å². The quantitative estimate of drug-likeness (QED) is 0.791. The average Bonchev–Trinajstić information content (AvgIpc) is 2.47. The zero-order valence-corrected chi connectivity index (χ0v) is 11.8. The monoisotopic (exact) mass is 280 g/mol. The van der Waals surface area contributed by atoms with Gasteiger partial charge in [-0.3, -0.25) is 4.79 Å². The molecule has 1 aliphatic heterocycles. The summed E-state index contributed by atoms with van der Waals surface area (Å²) >= 11 is 0. The number of carbonyl (C=O) groups excluding carboxylic acids is 1. The van der Waals surface area contributed by atoms with E-state index in [4.69, 9.17) is 10.5 Å². The molecule has 110 valence electrons. The molecule has 1 unspecified atom stereocenters. The van der Waals surface area contributed by atoms with Gasteiger partial charge in [0, 0.05) is 13.6 Å². The number of nitrogens with one attached hydrogen (secondary N) is 1. The fourth-order valence-corrected chi connectivity index (χ4v) is 2.25. The molecule has 8 nitrogen and oxygen atoms in total. The van der Waals surface area contributed by atoms with Crippen LogP contribution in [0.25, 0.3) is 0 Å². The normalized spacial score (nSPS) is 18.7. The summed E-state index contributed by atoms with van der Waals surface area (Å²) in [6.45, 7) is 3.02. The first-order valence-electron chi connectivity index (χ1n) is 6.78. The zero-order valence-electron chi connectivity index (χ0n) is 11.8. The molecule has 1 atom stereocenters. The highest BCUT2D eigenvalue weighted by atomic mass is 16.5. The van der Waals surface area contributed by atoms with Gasteiger partial charge in [0.05, 0.1) is 6.61 Å². The molecule has 3 N–H and O–H groups in total. The maximum atomic E-state index is 11.6. The SMILES string of the molecule is CCOc1nc(NC)nc(N2CCCCC2C(N)=O)n1. The van der Waals surface area contributed by atoms with Crippen molar-refractivity contribution in [3.05, 3.63) is 0 Å². The summed E-state index contributed by atoms with van der Waals surface area (Å²) in [5.74, 6) is 0.484. The first kappa shape index (κ1) is 14.3. The molecule has 0 radical (unpaired) electrons. The Bertz CT molecular complexity index is 481. The lowest BCUT2D eigenvalue weighted by Gasteiger charge is -2.33. The van der Waals surface area contributed by atoms with Gasteiger partial charge in [-0.05, 0) is 26.2 Å². The summed E-state index contributed by atoms with van der Waals surface area (Å²) in [4.78, 5) is 26.1. The number of rotatable bonds is 5. The van der Waals surface area contributed by atoms with Gasteiger partial charge in [0.1, 0.15) is 6.04 Å². The van der Waals surface area contributed by atoms with E-state index in [1.165, 1.54) is 0 Å². The molecular formula is C12H20N6O2. The van der Waals surface area contributed by atoms with E-state index in [9.17, 15) is 4.79 Å². The Labute approximate surface area is 117 Å². The average molecular weight is 280 g/mol.